The Morgan fingerprint density at radius 1 is 1.00 bits per heavy atom. The number of sulfonamides is 1. The second-order valence-electron chi connectivity index (χ2n) is 5.20. The number of primary sulfonamides is 1. The fourth-order valence-corrected chi connectivity index (χ4v) is 3.74. The summed E-state index contributed by atoms with van der Waals surface area (Å²) >= 11 is 2.95. The molecule has 0 aliphatic rings. The highest BCUT2D eigenvalue weighted by molar-refractivity contribution is 7.99. The maximum absolute atomic E-state index is 10.6. The second-order valence-corrected chi connectivity index (χ2v) is 8.70. The number of aromatic nitrogens is 5. The van der Waals surface area contributed by atoms with Crippen molar-refractivity contribution in [2.75, 3.05) is 5.73 Å². The lowest BCUT2D eigenvalue weighted by molar-refractivity contribution is 0.598. The number of hydrogen-bond acceptors (Lipinski definition) is 9. The van der Waals surface area contributed by atoms with Gasteiger partial charge < -0.3 is 5.73 Å². The van der Waals surface area contributed by atoms with E-state index in [1.54, 1.807) is 41.7 Å². The summed E-state index contributed by atoms with van der Waals surface area (Å²) in [6.45, 7) is 0. The molecule has 0 saturated heterocycles. The van der Waals surface area contributed by atoms with Crippen LogP contribution in [0.1, 0.15) is 0 Å². The fraction of sp³-hybridized carbons (Fsp3) is 0. The summed E-state index contributed by atoms with van der Waals surface area (Å²) in [6, 6.07) is 15.3. The molecule has 0 fully saturated rings. The van der Waals surface area contributed by atoms with Crippen LogP contribution in [0.25, 0.3) is 10.7 Å². The first-order valence-corrected chi connectivity index (χ1v) is 11.0. The number of nitrogen functional groups attached to an aromatic ring is 1. The Balaban J connectivity index is 0.000000192. The fourth-order valence-electron chi connectivity index (χ4n) is 1.90. The quantitative estimate of drug-likeness (QED) is 0.443. The lowest BCUT2D eigenvalue weighted by atomic mass is 10.4. The summed E-state index contributed by atoms with van der Waals surface area (Å²) < 4.78 is 21.2. The molecule has 0 aliphatic heterocycles. The molecule has 0 saturated carbocycles. The van der Waals surface area contributed by atoms with Gasteiger partial charge in [0.2, 0.25) is 15.2 Å². The van der Waals surface area contributed by atoms with Crippen molar-refractivity contribution in [3.8, 4) is 10.7 Å². The zero-order chi connectivity index (χ0) is 20.0. The highest BCUT2D eigenvalue weighted by atomic mass is 32.2. The highest BCUT2D eigenvalue weighted by Gasteiger charge is 2.08. The maximum Gasteiger partial charge on any atom is 0.238 e. The lowest BCUT2D eigenvalue weighted by Gasteiger charge is -1.94. The minimum Gasteiger partial charge on any atom is -0.382 e. The smallest absolute Gasteiger partial charge is 0.238 e. The standard InChI is InChI=1S/C10H8N6S2.C6H7NO2S/c11-7-3-4-8(14-13-7)18-10-12-9(15-16-10)6-2-1-5-17-6;7-10(8,9)6-4-2-1-3-5-6/h1-5H,(H2,11,13)(H,12,15,16);1-5H,(H2,7,8,9). The van der Waals surface area contributed by atoms with Gasteiger partial charge in [-0.25, -0.2) is 18.5 Å². The van der Waals surface area contributed by atoms with Crippen LogP contribution in [0.5, 0.6) is 0 Å². The minimum absolute atomic E-state index is 0.148. The average Bonchev–Trinajstić information content (AvgIpc) is 3.36. The first kappa shape index (κ1) is 19.9. The molecule has 28 heavy (non-hydrogen) atoms. The molecule has 12 heteroatoms. The van der Waals surface area contributed by atoms with Gasteiger partial charge in [-0.1, -0.05) is 24.3 Å². The van der Waals surface area contributed by atoms with Crippen molar-refractivity contribution >= 4 is 38.9 Å². The molecule has 0 amide bonds. The second kappa shape index (κ2) is 8.93. The number of rotatable bonds is 4. The van der Waals surface area contributed by atoms with E-state index in [2.05, 4.69) is 25.4 Å². The molecular weight excluding hydrogens is 418 g/mol. The molecular formula is C16H15N7O2S3. The van der Waals surface area contributed by atoms with Crippen LogP contribution in [-0.2, 0) is 10.0 Å². The van der Waals surface area contributed by atoms with Crippen molar-refractivity contribution in [3.05, 3.63) is 60.0 Å². The molecule has 4 rings (SSSR count). The summed E-state index contributed by atoms with van der Waals surface area (Å²) in [5.74, 6) is 1.16. The van der Waals surface area contributed by atoms with Gasteiger partial charge in [0.05, 0.1) is 9.77 Å². The molecule has 3 heterocycles. The van der Waals surface area contributed by atoms with Crippen molar-refractivity contribution in [2.24, 2.45) is 5.14 Å². The Bertz CT molecular complexity index is 1110. The number of nitrogens with zero attached hydrogens (tertiary/aromatic N) is 4. The number of nitrogens with one attached hydrogen (secondary N) is 1. The van der Waals surface area contributed by atoms with Crippen molar-refractivity contribution in [1.29, 1.82) is 0 Å². The van der Waals surface area contributed by atoms with Gasteiger partial charge in [-0.15, -0.1) is 26.6 Å². The Morgan fingerprint density at radius 2 is 1.79 bits per heavy atom. The van der Waals surface area contributed by atoms with E-state index in [0.717, 1.165) is 10.7 Å². The van der Waals surface area contributed by atoms with E-state index in [1.165, 1.54) is 23.9 Å². The van der Waals surface area contributed by atoms with Crippen LogP contribution in [0.4, 0.5) is 5.82 Å². The number of thiophene rings is 1. The van der Waals surface area contributed by atoms with Gasteiger partial charge in [0.15, 0.2) is 5.82 Å². The Kier molecular flexibility index (Phi) is 6.36. The van der Waals surface area contributed by atoms with E-state index in [1.807, 2.05) is 17.5 Å². The zero-order valence-corrected chi connectivity index (χ0v) is 16.7. The third kappa shape index (κ3) is 5.60. The topological polar surface area (TPSA) is 154 Å². The van der Waals surface area contributed by atoms with E-state index in [4.69, 9.17) is 10.9 Å². The summed E-state index contributed by atoms with van der Waals surface area (Å²) in [4.78, 5) is 5.58. The number of anilines is 1. The van der Waals surface area contributed by atoms with E-state index in [9.17, 15) is 8.42 Å². The third-order valence-electron chi connectivity index (χ3n) is 3.15. The molecule has 9 nitrogen and oxygen atoms in total. The summed E-state index contributed by atoms with van der Waals surface area (Å²) in [5.41, 5.74) is 5.47. The third-order valence-corrected chi connectivity index (χ3v) is 5.75. The molecule has 0 radical (unpaired) electrons. The SMILES string of the molecule is NS(=O)(=O)c1ccccc1.Nc1ccc(Sc2n[nH]c(-c3cccs3)n2)nn1. The molecule has 0 unspecified atom stereocenters. The van der Waals surface area contributed by atoms with E-state index < -0.39 is 10.0 Å². The van der Waals surface area contributed by atoms with E-state index in [-0.39, 0.29) is 4.90 Å². The molecule has 4 aromatic rings. The van der Waals surface area contributed by atoms with Gasteiger partial charge in [0, 0.05) is 0 Å². The van der Waals surface area contributed by atoms with E-state index in [0.29, 0.717) is 16.0 Å². The van der Waals surface area contributed by atoms with Gasteiger partial charge in [0.1, 0.15) is 10.8 Å². The van der Waals surface area contributed by atoms with Crippen LogP contribution in [0.2, 0.25) is 0 Å². The molecule has 0 aliphatic carbocycles. The maximum atomic E-state index is 10.6. The number of benzene rings is 1. The van der Waals surface area contributed by atoms with Crippen molar-refractivity contribution in [3.63, 3.8) is 0 Å². The van der Waals surface area contributed by atoms with Crippen molar-refractivity contribution < 1.29 is 8.42 Å². The van der Waals surface area contributed by atoms with Gasteiger partial charge in [-0.2, -0.15) is 0 Å². The summed E-state index contributed by atoms with van der Waals surface area (Å²) in [6.07, 6.45) is 0. The Morgan fingerprint density at radius 3 is 2.36 bits per heavy atom. The van der Waals surface area contributed by atoms with Gasteiger partial charge in [-0.05, 0) is 47.5 Å². The van der Waals surface area contributed by atoms with Crippen molar-refractivity contribution in [1.82, 2.24) is 25.4 Å². The largest absolute Gasteiger partial charge is 0.382 e. The summed E-state index contributed by atoms with van der Waals surface area (Å²) in [7, 11) is -3.50. The lowest BCUT2D eigenvalue weighted by Crippen LogP contribution is -2.11. The van der Waals surface area contributed by atoms with Crippen LogP contribution < -0.4 is 10.9 Å². The first-order valence-electron chi connectivity index (χ1n) is 7.73. The normalized spacial score (nSPS) is 10.9. The minimum atomic E-state index is -3.50. The molecule has 144 valence electrons. The number of H-pyrrole nitrogens is 1. The number of hydrogen-bond donors (Lipinski definition) is 3. The number of nitrogens with two attached hydrogens (primary N) is 2. The van der Waals surface area contributed by atoms with Gasteiger partial charge in [-0.3, -0.25) is 5.10 Å². The molecule has 5 N–H and O–H groups in total. The van der Waals surface area contributed by atoms with Crippen molar-refractivity contribution in [2.45, 2.75) is 15.1 Å². The van der Waals surface area contributed by atoms with Crippen LogP contribution >= 0.6 is 23.1 Å². The van der Waals surface area contributed by atoms with E-state index >= 15 is 0 Å². The van der Waals surface area contributed by atoms with Gasteiger partial charge in [0.25, 0.3) is 0 Å². The molecule has 0 bridgehead atoms. The van der Waals surface area contributed by atoms with Gasteiger partial charge >= 0.3 is 0 Å². The predicted molar refractivity (Wildman–Crippen MR) is 108 cm³/mol. The monoisotopic (exact) mass is 433 g/mol. The van der Waals surface area contributed by atoms with Crippen LogP contribution in [0.3, 0.4) is 0 Å². The van der Waals surface area contributed by atoms with Crippen LogP contribution in [0, 0.1) is 0 Å². The van der Waals surface area contributed by atoms with Crippen LogP contribution in [-0.4, -0.2) is 33.8 Å². The Labute approximate surface area is 169 Å². The molecule has 3 aromatic heterocycles. The zero-order valence-electron chi connectivity index (χ0n) is 14.3. The first-order chi connectivity index (χ1) is 13.4. The molecule has 1 aromatic carbocycles. The van der Waals surface area contributed by atoms with Crippen LogP contribution in [0.15, 0.2) is 75.1 Å². The predicted octanol–water partition coefficient (Wildman–Crippen LogP) is 2.39. The molecule has 0 atom stereocenters. The average molecular weight is 434 g/mol. The number of aromatic amines is 1. The Hall–Kier alpha value is -2.80. The highest BCUT2D eigenvalue weighted by Crippen LogP contribution is 2.26. The summed E-state index contributed by atoms with van der Waals surface area (Å²) in [5, 5.41) is 22.9. The molecule has 0 spiro atoms.